The average molecular weight is 444 g/mol. The van der Waals surface area contributed by atoms with E-state index in [2.05, 4.69) is 10.2 Å². The Morgan fingerprint density at radius 2 is 1.91 bits per heavy atom. The van der Waals surface area contributed by atoms with Crippen LogP contribution in [-0.2, 0) is 6.54 Å². The number of hydrogen-bond donors (Lipinski definition) is 0. The quantitative estimate of drug-likeness (QED) is 0.318. The number of hydrogen-bond acceptors (Lipinski definition) is 5. The first-order valence-corrected chi connectivity index (χ1v) is 10.3. The zero-order valence-electron chi connectivity index (χ0n) is 17.2. The molecule has 158 valence electrons. The van der Waals surface area contributed by atoms with E-state index < -0.39 is 0 Å². The zero-order chi connectivity index (χ0) is 22.1. The molecule has 2 aromatic carbocycles. The van der Waals surface area contributed by atoms with Crippen molar-refractivity contribution in [2.75, 3.05) is 7.11 Å². The Balaban J connectivity index is 1.56. The van der Waals surface area contributed by atoms with Gasteiger partial charge in [0.2, 0.25) is 5.78 Å². The van der Waals surface area contributed by atoms with Crippen LogP contribution < -0.4 is 4.74 Å². The Hall–Kier alpha value is -3.90. The lowest BCUT2D eigenvalue weighted by Gasteiger charge is -2.06. The van der Waals surface area contributed by atoms with Crippen molar-refractivity contribution in [2.24, 2.45) is 0 Å². The number of furan rings is 1. The molecule has 0 saturated heterocycles. The first-order valence-electron chi connectivity index (χ1n) is 9.95. The van der Waals surface area contributed by atoms with Crippen LogP contribution in [0.2, 0.25) is 5.02 Å². The molecule has 6 nitrogen and oxygen atoms in total. The fourth-order valence-electron chi connectivity index (χ4n) is 3.69. The second-order valence-electron chi connectivity index (χ2n) is 7.30. The van der Waals surface area contributed by atoms with Crippen molar-refractivity contribution >= 4 is 28.3 Å². The van der Waals surface area contributed by atoms with Gasteiger partial charge in [0.05, 0.1) is 25.1 Å². The van der Waals surface area contributed by atoms with E-state index in [1.165, 1.54) is 0 Å². The van der Waals surface area contributed by atoms with Gasteiger partial charge in [0, 0.05) is 34.2 Å². The van der Waals surface area contributed by atoms with Crippen LogP contribution in [0.25, 0.3) is 22.2 Å². The predicted molar refractivity (Wildman–Crippen MR) is 122 cm³/mol. The van der Waals surface area contributed by atoms with Crippen LogP contribution in [-0.4, -0.2) is 27.7 Å². The van der Waals surface area contributed by atoms with Crippen LogP contribution in [0.15, 0.2) is 83.7 Å². The van der Waals surface area contributed by atoms with E-state index in [4.69, 9.17) is 20.8 Å². The summed E-state index contributed by atoms with van der Waals surface area (Å²) in [7, 11) is 1.61. The van der Waals surface area contributed by atoms with Gasteiger partial charge in [0.1, 0.15) is 11.5 Å². The Morgan fingerprint density at radius 3 is 2.66 bits per heavy atom. The molecule has 0 fully saturated rings. The van der Waals surface area contributed by atoms with Gasteiger partial charge in [0.25, 0.3) is 0 Å². The molecule has 3 heterocycles. The van der Waals surface area contributed by atoms with E-state index in [0.717, 1.165) is 22.0 Å². The van der Waals surface area contributed by atoms with E-state index in [9.17, 15) is 4.79 Å². The van der Waals surface area contributed by atoms with Gasteiger partial charge in [-0.15, -0.1) is 0 Å². The summed E-state index contributed by atoms with van der Waals surface area (Å²) in [5.74, 6) is 1.29. The molecule has 0 bridgehead atoms. The van der Waals surface area contributed by atoms with Crippen LogP contribution in [0.3, 0.4) is 0 Å². The third kappa shape index (κ3) is 3.76. The SMILES string of the molecule is COc1ccc2c(c1)c(C(=O)c1ccc(-c3ccnnc3)o1)cn2Cc1ccc(Cl)cc1. The summed E-state index contributed by atoms with van der Waals surface area (Å²) < 4.78 is 13.3. The van der Waals surface area contributed by atoms with Gasteiger partial charge in [-0.3, -0.25) is 4.79 Å². The van der Waals surface area contributed by atoms with Crippen LogP contribution >= 0.6 is 11.6 Å². The molecule has 0 unspecified atom stereocenters. The number of carbonyl (C=O) groups is 1. The van der Waals surface area contributed by atoms with Crippen molar-refractivity contribution in [3.05, 3.63) is 101 Å². The molecule has 0 aliphatic carbocycles. The molecule has 3 aromatic heterocycles. The van der Waals surface area contributed by atoms with Crippen molar-refractivity contribution in [2.45, 2.75) is 6.54 Å². The van der Waals surface area contributed by atoms with E-state index in [0.29, 0.717) is 28.6 Å². The summed E-state index contributed by atoms with van der Waals surface area (Å²) in [6.07, 6.45) is 5.03. The minimum absolute atomic E-state index is 0.202. The molecule has 5 aromatic rings. The van der Waals surface area contributed by atoms with Gasteiger partial charge < -0.3 is 13.7 Å². The standard InChI is InChI=1S/C25H18ClN3O3/c1-31-19-6-7-22-20(12-19)21(15-29(22)14-16-2-4-18(26)5-3-16)25(30)24-9-8-23(32-24)17-10-11-27-28-13-17/h2-13,15H,14H2,1H3. The second kappa shape index (κ2) is 8.32. The van der Waals surface area contributed by atoms with E-state index in [1.807, 2.05) is 53.2 Å². The lowest BCUT2D eigenvalue weighted by atomic mass is 10.1. The number of nitrogens with zero attached hydrogens (tertiary/aromatic N) is 3. The predicted octanol–water partition coefficient (Wildman–Crippen LogP) is 5.63. The van der Waals surface area contributed by atoms with Gasteiger partial charge in [-0.2, -0.15) is 10.2 Å². The van der Waals surface area contributed by atoms with E-state index in [1.54, 1.807) is 37.7 Å². The minimum atomic E-state index is -0.202. The largest absolute Gasteiger partial charge is 0.497 e. The molecule has 0 spiro atoms. The number of carbonyl (C=O) groups excluding carboxylic acids is 1. The fraction of sp³-hybridized carbons (Fsp3) is 0.0800. The third-order valence-electron chi connectivity index (χ3n) is 5.30. The topological polar surface area (TPSA) is 70.2 Å². The normalized spacial score (nSPS) is 11.1. The molecular formula is C25H18ClN3O3. The Labute approximate surface area is 189 Å². The Bertz CT molecular complexity index is 1410. The molecular weight excluding hydrogens is 426 g/mol. The smallest absolute Gasteiger partial charge is 0.230 e. The van der Waals surface area contributed by atoms with Gasteiger partial charge >= 0.3 is 0 Å². The summed E-state index contributed by atoms with van der Waals surface area (Å²) in [6, 6.07) is 18.6. The highest BCUT2D eigenvalue weighted by molar-refractivity contribution is 6.30. The number of methoxy groups -OCH3 is 1. The summed E-state index contributed by atoms with van der Waals surface area (Å²) in [6.45, 7) is 0.597. The number of ether oxygens (including phenoxy) is 1. The molecule has 0 aliphatic rings. The van der Waals surface area contributed by atoms with Crippen molar-refractivity contribution in [3.63, 3.8) is 0 Å². The number of aromatic nitrogens is 3. The average Bonchev–Trinajstić information content (AvgIpc) is 3.46. The van der Waals surface area contributed by atoms with Gasteiger partial charge in [-0.05, 0) is 54.1 Å². The molecule has 0 saturated carbocycles. The summed E-state index contributed by atoms with van der Waals surface area (Å²) in [5.41, 5.74) is 3.30. The highest BCUT2D eigenvalue weighted by Crippen LogP contribution is 2.30. The number of ketones is 1. The molecule has 0 N–H and O–H groups in total. The number of rotatable bonds is 6. The van der Waals surface area contributed by atoms with Gasteiger partial charge in [-0.25, -0.2) is 0 Å². The molecule has 0 aliphatic heterocycles. The number of benzene rings is 2. The second-order valence-corrected chi connectivity index (χ2v) is 7.74. The molecule has 0 amide bonds. The van der Waals surface area contributed by atoms with Crippen LogP contribution in [0, 0.1) is 0 Å². The van der Waals surface area contributed by atoms with Crippen LogP contribution in [0.4, 0.5) is 0 Å². The number of fused-ring (bicyclic) bond motifs is 1. The van der Waals surface area contributed by atoms with Gasteiger partial charge in [0.15, 0.2) is 5.76 Å². The first kappa shape index (κ1) is 20.0. The van der Waals surface area contributed by atoms with E-state index >= 15 is 0 Å². The molecule has 0 radical (unpaired) electrons. The van der Waals surface area contributed by atoms with Crippen molar-refractivity contribution in [1.29, 1.82) is 0 Å². The van der Waals surface area contributed by atoms with Crippen molar-refractivity contribution < 1.29 is 13.9 Å². The maximum atomic E-state index is 13.4. The highest BCUT2D eigenvalue weighted by Gasteiger charge is 2.21. The first-order chi connectivity index (χ1) is 15.6. The van der Waals surface area contributed by atoms with E-state index in [-0.39, 0.29) is 11.5 Å². The summed E-state index contributed by atoms with van der Waals surface area (Å²) >= 11 is 6.02. The molecule has 32 heavy (non-hydrogen) atoms. The minimum Gasteiger partial charge on any atom is -0.497 e. The van der Waals surface area contributed by atoms with Crippen molar-refractivity contribution in [3.8, 4) is 17.1 Å². The molecule has 5 rings (SSSR count). The Kier molecular flexibility index (Phi) is 5.21. The van der Waals surface area contributed by atoms with Gasteiger partial charge in [-0.1, -0.05) is 23.7 Å². The maximum Gasteiger partial charge on any atom is 0.230 e. The highest BCUT2D eigenvalue weighted by atomic mass is 35.5. The lowest BCUT2D eigenvalue weighted by Crippen LogP contribution is -2.00. The molecule has 7 heteroatoms. The fourth-order valence-corrected chi connectivity index (χ4v) is 3.81. The lowest BCUT2D eigenvalue weighted by molar-refractivity contribution is 0.101. The monoisotopic (exact) mass is 443 g/mol. The Morgan fingerprint density at radius 1 is 1.06 bits per heavy atom. The third-order valence-corrected chi connectivity index (χ3v) is 5.55. The summed E-state index contributed by atoms with van der Waals surface area (Å²) in [4.78, 5) is 13.4. The summed E-state index contributed by atoms with van der Waals surface area (Å²) in [5, 5.41) is 9.12. The van der Waals surface area contributed by atoms with Crippen molar-refractivity contribution in [1.82, 2.24) is 14.8 Å². The van der Waals surface area contributed by atoms with Crippen LogP contribution in [0.5, 0.6) is 5.75 Å². The molecule has 0 atom stereocenters. The van der Waals surface area contributed by atoms with Crippen LogP contribution in [0.1, 0.15) is 21.7 Å². The zero-order valence-corrected chi connectivity index (χ0v) is 17.9. The number of halogens is 1. The maximum absolute atomic E-state index is 13.4.